The Balaban J connectivity index is 0. The number of hydrogen-bond acceptors (Lipinski definition) is 4. The predicted octanol–water partition coefficient (Wildman–Crippen LogP) is 3.91. The van der Waals surface area contributed by atoms with Crippen molar-refractivity contribution >= 4 is 45.6 Å². The van der Waals surface area contributed by atoms with Crippen LogP contribution in [0.1, 0.15) is 96.8 Å². The van der Waals surface area contributed by atoms with E-state index in [0.29, 0.717) is 6.42 Å². The van der Waals surface area contributed by atoms with Gasteiger partial charge in [-0.25, -0.2) is 0 Å². The van der Waals surface area contributed by atoms with Crippen LogP contribution in [-0.2, 0) is 19.1 Å². The third-order valence-electron chi connectivity index (χ3n) is 4.44. The number of rotatable bonds is 18. The van der Waals surface area contributed by atoms with Crippen molar-refractivity contribution in [3.63, 3.8) is 0 Å². The Morgan fingerprint density at radius 1 is 0.808 bits per heavy atom. The summed E-state index contributed by atoms with van der Waals surface area (Å²) in [5, 5.41) is 2.62. The van der Waals surface area contributed by atoms with Gasteiger partial charge in [-0.05, 0) is 6.42 Å². The second-order valence-corrected chi connectivity index (χ2v) is 8.63. The standard InChI is InChI=1S/C19H39NO4S.Na.H/c1-3-4-5-6-7-8-9-10-11-12-13-14-15-16-19(21)20-17-18-25(22,23)24-2;;/h3-18H2,1-2H3,(H,20,21);;. The molecule has 0 saturated carbocycles. The summed E-state index contributed by atoms with van der Waals surface area (Å²) in [6.45, 7) is 2.37. The van der Waals surface area contributed by atoms with Crippen LogP contribution >= 0.6 is 0 Å². The van der Waals surface area contributed by atoms with Crippen LogP contribution in [0.25, 0.3) is 0 Å². The zero-order chi connectivity index (χ0) is 18.8. The molecule has 0 aromatic rings. The summed E-state index contributed by atoms with van der Waals surface area (Å²) in [5.41, 5.74) is 0. The van der Waals surface area contributed by atoms with E-state index in [0.717, 1.165) is 20.0 Å². The first-order chi connectivity index (χ1) is 12.0. The number of unbranched alkanes of at least 4 members (excludes halogenated alkanes) is 12. The molecular weight excluding hydrogens is 361 g/mol. The monoisotopic (exact) mass is 401 g/mol. The molecule has 0 aliphatic carbocycles. The Labute approximate surface area is 183 Å². The van der Waals surface area contributed by atoms with Crippen molar-refractivity contribution in [2.24, 2.45) is 0 Å². The van der Waals surface area contributed by atoms with Crippen LogP contribution in [0.15, 0.2) is 0 Å². The number of carbonyl (C=O) groups excluding carboxylic acids is 1. The molecule has 0 aliphatic rings. The molecule has 5 nitrogen and oxygen atoms in total. The average molecular weight is 402 g/mol. The summed E-state index contributed by atoms with van der Waals surface area (Å²) in [5.74, 6) is -0.247. The van der Waals surface area contributed by atoms with Crippen molar-refractivity contribution < 1.29 is 17.4 Å². The third-order valence-corrected chi connectivity index (χ3v) is 5.65. The molecule has 0 heterocycles. The Kier molecular flexibility index (Phi) is 22.1. The molecule has 7 heteroatoms. The molecule has 0 aromatic heterocycles. The molecule has 0 fully saturated rings. The molecule has 0 spiro atoms. The van der Waals surface area contributed by atoms with Crippen molar-refractivity contribution in [2.75, 3.05) is 19.4 Å². The summed E-state index contributed by atoms with van der Waals surface area (Å²) in [4.78, 5) is 11.6. The van der Waals surface area contributed by atoms with Gasteiger partial charge in [-0.15, -0.1) is 0 Å². The van der Waals surface area contributed by atoms with E-state index >= 15 is 0 Å². The number of hydrogen-bond donors (Lipinski definition) is 1. The van der Waals surface area contributed by atoms with Gasteiger partial charge in [-0.3, -0.25) is 8.98 Å². The Morgan fingerprint density at radius 2 is 1.23 bits per heavy atom. The summed E-state index contributed by atoms with van der Waals surface area (Å²) in [6.07, 6.45) is 17.1. The van der Waals surface area contributed by atoms with Crippen LogP contribution in [0.5, 0.6) is 0 Å². The van der Waals surface area contributed by atoms with Crippen molar-refractivity contribution in [2.45, 2.75) is 96.8 Å². The topological polar surface area (TPSA) is 72.5 Å². The fourth-order valence-corrected chi connectivity index (χ4v) is 3.31. The molecule has 152 valence electrons. The maximum atomic E-state index is 11.6. The van der Waals surface area contributed by atoms with Gasteiger partial charge in [0.1, 0.15) is 0 Å². The Hall–Kier alpha value is 0.380. The fourth-order valence-electron chi connectivity index (χ4n) is 2.79. The molecule has 0 unspecified atom stereocenters. The summed E-state index contributed by atoms with van der Waals surface area (Å²) in [6, 6.07) is 0. The van der Waals surface area contributed by atoms with Gasteiger partial charge in [0, 0.05) is 13.0 Å². The van der Waals surface area contributed by atoms with E-state index in [2.05, 4.69) is 16.4 Å². The second-order valence-electron chi connectivity index (χ2n) is 6.77. The van der Waals surface area contributed by atoms with E-state index in [9.17, 15) is 13.2 Å². The molecule has 0 radical (unpaired) electrons. The first-order valence-corrected chi connectivity index (χ1v) is 11.6. The Morgan fingerprint density at radius 3 is 1.65 bits per heavy atom. The summed E-state index contributed by atoms with van der Waals surface area (Å²) < 4.78 is 26.5. The van der Waals surface area contributed by atoms with Crippen LogP contribution in [-0.4, -0.2) is 63.3 Å². The van der Waals surface area contributed by atoms with Gasteiger partial charge in [0.2, 0.25) is 5.91 Å². The van der Waals surface area contributed by atoms with Crippen molar-refractivity contribution in [3.8, 4) is 0 Å². The minimum atomic E-state index is -3.48. The first-order valence-electron chi connectivity index (χ1n) is 10.1. The van der Waals surface area contributed by atoms with Gasteiger partial charge in [0.25, 0.3) is 10.1 Å². The number of amides is 1. The van der Waals surface area contributed by atoms with Crippen LogP contribution in [0.3, 0.4) is 0 Å². The van der Waals surface area contributed by atoms with E-state index in [-0.39, 0.29) is 47.8 Å². The molecule has 1 amide bonds. The SMILES string of the molecule is CCCCCCCCCCCCCCCC(=O)NCCS(=O)(=O)OC.[NaH]. The zero-order valence-corrected chi connectivity index (χ0v) is 17.2. The summed E-state index contributed by atoms with van der Waals surface area (Å²) >= 11 is 0. The van der Waals surface area contributed by atoms with E-state index in [4.69, 9.17) is 0 Å². The molecule has 26 heavy (non-hydrogen) atoms. The van der Waals surface area contributed by atoms with Gasteiger partial charge in [-0.1, -0.05) is 84.0 Å². The average Bonchev–Trinajstić information content (AvgIpc) is 2.59. The van der Waals surface area contributed by atoms with Gasteiger partial charge in [-0.2, -0.15) is 8.42 Å². The van der Waals surface area contributed by atoms with Crippen molar-refractivity contribution in [1.82, 2.24) is 5.32 Å². The molecule has 0 atom stereocenters. The normalized spacial score (nSPS) is 11.2. The molecule has 0 aromatic carbocycles. The van der Waals surface area contributed by atoms with E-state index in [1.54, 1.807) is 0 Å². The van der Waals surface area contributed by atoms with Gasteiger partial charge >= 0.3 is 29.6 Å². The van der Waals surface area contributed by atoms with Gasteiger partial charge in [0.15, 0.2) is 0 Å². The summed E-state index contributed by atoms with van der Waals surface area (Å²) in [7, 11) is -2.35. The molecular formula is C19H40NNaO4S. The predicted molar refractivity (Wildman–Crippen MR) is 111 cm³/mol. The number of nitrogens with one attached hydrogen (secondary N) is 1. The quantitative estimate of drug-likeness (QED) is 0.215. The third kappa shape index (κ3) is 20.7. The van der Waals surface area contributed by atoms with Crippen molar-refractivity contribution in [1.29, 1.82) is 0 Å². The number of carbonyl (C=O) groups is 1. The first kappa shape index (κ1) is 28.6. The van der Waals surface area contributed by atoms with E-state index < -0.39 is 10.1 Å². The maximum absolute atomic E-state index is 11.6. The van der Waals surface area contributed by atoms with Crippen LogP contribution in [0.2, 0.25) is 0 Å². The van der Waals surface area contributed by atoms with Crippen molar-refractivity contribution in [3.05, 3.63) is 0 Å². The van der Waals surface area contributed by atoms with Gasteiger partial charge < -0.3 is 5.32 Å². The molecule has 0 rings (SSSR count). The van der Waals surface area contributed by atoms with E-state index in [1.165, 1.54) is 70.6 Å². The minimum absolute atomic E-state index is 0. The zero-order valence-electron chi connectivity index (χ0n) is 16.4. The molecule has 1 N–H and O–H groups in total. The van der Waals surface area contributed by atoms with Crippen LogP contribution in [0.4, 0.5) is 0 Å². The molecule has 0 aliphatic heterocycles. The van der Waals surface area contributed by atoms with Crippen LogP contribution in [0, 0.1) is 0 Å². The van der Waals surface area contributed by atoms with Crippen LogP contribution < -0.4 is 5.32 Å². The Bertz CT molecular complexity index is 416. The molecule has 0 saturated heterocycles. The second kappa shape index (κ2) is 20.1. The fraction of sp³-hybridized carbons (Fsp3) is 0.947. The van der Waals surface area contributed by atoms with E-state index in [1.807, 2.05) is 0 Å². The molecule has 0 bridgehead atoms. The van der Waals surface area contributed by atoms with Gasteiger partial charge in [0.05, 0.1) is 12.9 Å².